The summed E-state index contributed by atoms with van der Waals surface area (Å²) < 4.78 is 89.0. The molecule has 3 aromatic carbocycles. The third-order valence-corrected chi connectivity index (χ3v) is 13.1. The third-order valence-electron chi connectivity index (χ3n) is 10.3. The van der Waals surface area contributed by atoms with E-state index in [9.17, 15) is 13.0 Å². The van der Waals surface area contributed by atoms with Crippen LogP contribution in [0.2, 0.25) is 0 Å². The van der Waals surface area contributed by atoms with E-state index in [1.165, 1.54) is 22.7 Å². The fourth-order valence-electron chi connectivity index (χ4n) is 7.28. The van der Waals surface area contributed by atoms with Crippen LogP contribution in [-0.4, -0.2) is 20.0 Å². The molecule has 5 nitrogen and oxygen atoms in total. The summed E-state index contributed by atoms with van der Waals surface area (Å²) in [5.74, 6) is -4.27. The zero-order valence-electron chi connectivity index (χ0n) is 26.2. The molecule has 240 valence electrons. The number of benzene rings is 3. The maximum absolute atomic E-state index is 16.1. The molecule has 2 aliphatic heterocycles. The second-order valence-electron chi connectivity index (χ2n) is 13.3. The molecular formula is C36H28F3NO4S3. The second-order valence-corrected chi connectivity index (χ2v) is 16.5. The number of ether oxygens (including phenoxy) is 1. The molecule has 0 fully saturated rings. The molecule has 0 saturated carbocycles. The first-order valence-corrected chi connectivity index (χ1v) is 18.0. The zero-order valence-corrected chi connectivity index (χ0v) is 28.6. The van der Waals surface area contributed by atoms with E-state index >= 15 is 13.2 Å². The van der Waals surface area contributed by atoms with Gasteiger partial charge >= 0.3 is 0 Å². The van der Waals surface area contributed by atoms with E-state index in [1.807, 2.05) is 36.9 Å². The summed E-state index contributed by atoms with van der Waals surface area (Å²) >= 11 is 3.06. The minimum absolute atomic E-state index is 0.0958. The molecule has 1 N–H and O–H groups in total. The summed E-state index contributed by atoms with van der Waals surface area (Å²) in [6.07, 6.45) is 0. The van der Waals surface area contributed by atoms with Gasteiger partial charge in [0.2, 0.25) is 0 Å². The standard InChI is InChI=1S/C36H28F3NO4S3/c1-16-17-13-27-20(11-18(17)32-22(7-9-45-32)35(16,2)3)29(30-31(39)24(37)14-25(38)34(30)47(41,42)43)21-12-19-26(15-28(21)44-27)40(6)36(4,5)23-8-10-46-33(19)23/h7-15H,1-6H3,(H,41,42,43). The number of halogens is 3. The summed E-state index contributed by atoms with van der Waals surface area (Å²) in [5, 5.41) is 5.11. The van der Waals surface area contributed by atoms with Crippen molar-refractivity contribution in [2.24, 2.45) is 0 Å². The van der Waals surface area contributed by atoms with E-state index in [4.69, 9.17) is 4.74 Å². The highest BCUT2D eigenvalue weighted by Crippen LogP contribution is 2.53. The molecule has 0 saturated heterocycles. The van der Waals surface area contributed by atoms with Crippen LogP contribution < -0.4 is 20.1 Å². The van der Waals surface area contributed by atoms with E-state index in [-0.39, 0.29) is 44.9 Å². The molecule has 0 bridgehead atoms. The van der Waals surface area contributed by atoms with Crippen molar-refractivity contribution in [3.05, 3.63) is 103 Å². The first kappa shape index (κ1) is 30.4. The molecule has 2 aromatic heterocycles. The molecule has 47 heavy (non-hydrogen) atoms. The highest BCUT2D eigenvalue weighted by Gasteiger charge is 2.40. The smallest absolute Gasteiger partial charge is 0.298 e. The highest BCUT2D eigenvalue weighted by atomic mass is 32.2. The first-order chi connectivity index (χ1) is 22.0. The van der Waals surface area contributed by atoms with Crippen LogP contribution in [0.1, 0.15) is 56.9 Å². The molecule has 0 unspecified atom stereocenters. The lowest BCUT2D eigenvalue weighted by molar-refractivity contribution is 0.453. The van der Waals surface area contributed by atoms with Gasteiger partial charge in [-0.3, -0.25) is 4.55 Å². The quantitative estimate of drug-likeness (QED) is 0.146. The summed E-state index contributed by atoms with van der Waals surface area (Å²) in [5.41, 5.74) is 4.17. The average Bonchev–Trinajstić information content (AvgIpc) is 3.70. The highest BCUT2D eigenvalue weighted by molar-refractivity contribution is 7.86. The van der Waals surface area contributed by atoms with E-state index in [0.29, 0.717) is 0 Å². The Morgan fingerprint density at radius 2 is 1.47 bits per heavy atom. The lowest BCUT2D eigenvalue weighted by Crippen LogP contribution is -2.41. The van der Waals surface area contributed by atoms with Crippen molar-refractivity contribution in [3.8, 4) is 32.4 Å². The van der Waals surface area contributed by atoms with Gasteiger partial charge in [0.15, 0.2) is 11.6 Å². The normalized spacial score (nSPS) is 16.9. The van der Waals surface area contributed by atoms with Gasteiger partial charge in [0.25, 0.3) is 10.1 Å². The van der Waals surface area contributed by atoms with Gasteiger partial charge in [0.1, 0.15) is 22.2 Å². The van der Waals surface area contributed by atoms with Gasteiger partial charge in [0, 0.05) is 73.1 Å². The van der Waals surface area contributed by atoms with Crippen LogP contribution in [0.5, 0.6) is 11.5 Å². The Bertz CT molecular complexity index is 2490. The van der Waals surface area contributed by atoms with Crippen LogP contribution in [-0.2, 0) is 21.1 Å². The van der Waals surface area contributed by atoms with E-state index in [1.54, 1.807) is 18.2 Å². The monoisotopic (exact) mass is 691 g/mol. The maximum Gasteiger partial charge on any atom is 0.298 e. The van der Waals surface area contributed by atoms with Crippen molar-refractivity contribution in [2.45, 2.75) is 50.5 Å². The molecule has 0 radical (unpaired) electrons. The Hall–Kier alpha value is -3.90. The molecule has 1 aliphatic carbocycles. The van der Waals surface area contributed by atoms with Gasteiger partial charge < -0.3 is 9.64 Å². The molecular weight excluding hydrogens is 664 g/mol. The van der Waals surface area contributed by atoms with Crippen LogP contribution in [0.3, 0.4) is 0 Å². The number of hydrogen-bond donors (Lipinski definition) is 1. The van der Waals surface area contributed by atoms with Crippen molar-refractivity contribution in [2.75, 3.05) is 11.9 Å². The Labute approximate surface area is 277 Å². The number of nitrogens with zero attached hydrogens (tertiary/aromatic N) is 1. The summed E-state index contributed by atoms with van der Waals surface area (Å²) in [6, 6.07) is 11.4. The molecule has 0 amide bonds. The predicted molar refractivity (Wildman–Crippen MR) is 180 cm³/mol. The van der Waals surface area contributed by atoms with E-state index in [0.717, 1.165) is 48.5 Å². The van der Waals surface area contributed by atoms with Crippen molar-refractivity contribution in [1.82, 2.24) is 0 Å². The Balaban J connectivity index is 1.58. The first-order valence-electron chi connectivity index (χ1n) is 14.9. The largest absolute Gasteiger partial charge is 0.456 e. The Morgan fingerprint density at radius 1 is 0.809 bits per heavy atom. The average molecular weight is 692 g/mol. The van der Waals surface area contributed by atoms with Crippen LogP contribution in [0, 0.1) is 17.5 Å². The van der Waals surface area contributed by atoms with Crippen molar-refractivity contribution in [1.29, 1.82) is 0 Å². The fraction of sp³-hybridized carbons (Fsp3) is 0.222. The Kier molecular flexibility index (Phi) is 6.21. The predicted octanol–water partition coefficient (Wildman–Crippen LogP) is 8.31. The van der Waals surface area contributed by atoms with Gasteiger partial charge in [-0.2, -0.15) is 8.42 Å². The molecule has 0 atom stereocenters. The van der Waals surface area contributed by atoms with Gasteiger partial charge in [-0.1, -0.05) is 19.4 Å². The van der Waals surface area contributed by atoms with Gasteiger partial charge in [-0.25, -0.2) is 13.2 Å². The Morgan fingerprint density at radius 3 is 2.15 bits per heavy atom. The van der Waals surface area contributed by atoms with Gasteiger partial charge in [0.05, 0.1) is 5.54 Å². The van der Waals surface area contributed by atoms with E-state index in [2.05, 4.69) is 38.7 Å². The number of anilines is 1. The molecule has 3 aliphatic rings. The summed E-state index contributed by atoms with van der Waals surface area (Å²) in [7, 11) is -3.41. The summed E-state index contributed by atoms with van der Waals surface area (Å²) in [4.78, 5) is 2.70. The van der Waals surface area contributed by atoms with Gasteiger partial charge in [-0.15, -0.1) is 22.7 Å². The molecule has 8 rings (SSSR count). The molecule has 0 spiro atoms. The van der Waals surface area contributed by atoms with Crippen molar-refractivity contribution in [3.63, 3.8) is 0 Å². The number of fused-ring (bicyclic) bond motifs is 8. The molecule has 11 heteroatoms. The minimum atomic E-state index is -5.37. The van der Waals surface area contributed by atoms with Crippen LogP contribution in [0.25, 0.3) is 32.0 Å². The van der Waals surface area contributed by atoms with E-state index < -0.39 is 38.0 Å². The topological polar surface area (TPSA) is 66.8 Å². The maximum atomic E-state index is 16.1. The number of thiophene rings is 2. The van der Waals surface area contributed by atoms with Crippen LogP contribution in [0.15, 0.2) is 58.1 Å². The lowest BCUT2D eigenvalue weighted by Gasteiger charge is -2.43. The third kappa shape index (κ3) is 4.00. The zero-order chi connectivity index (χ0) is 33.5. The minimum Gasteiger partial charge on any atom is -0.456 e. The van der Waals surface area contributed by atoms with Gasteiger partial charge in [-0.05, 0) is 78.2 Å². The molecule has 5 aromatic rings. The SMILES string of the molecule is CC1=c2cc3c(cc2-c2sccc2C1(C)C)=C(c1c(F)c(F)cc(F)c1S(=O)(=O)O)c1cc2c(cc1O3)N(C)C(C)(C)c1ccsc1-2. The second kappa shape index (κ2) is 9.59. The van der Waals surface area contributed by atoms with Crippen molar-refractivity contribution >= 4 is 49.6 Å². The van der Waals surface area contributed by atoms with Crippen LogP contribution >= 0.6 is 22.7 Å². The lowest BCUT2D eigenvalue weighted by atomic mass is 9.73. The summed E-state index contributed by atoms with van der Waals surface area (Å²) in [6.45, 7) is 10.5. The number of rotatable bonds is 2. The molecule has 4 heterocycles. The number of hydrogen-bond acceptors (Lipinski definition) is 6. The van der Waals surface area contributed by atoms with Crippen molar-refractivity contribution < 1.29 is 30.9 Å². The van der Waals surface area contributed by atoms with Crippen LogP contribution in [0.4, 0.5) is 18.9 Å². The fourth-order valence-corrected chi connectivity index (χ4v) is 10.2.